The van der Waals surface area contributed by atoms with Gasteiger partial charge in [0, 0.05) is 11.6 Å². The molecule has 0 spiro atoms. The fourth-order valence-corrected chi connectivity index (χ4v) is 9.56. The van der Waals surface area contributed by atoms with E-state index in [1.165, 1.54) is 39.3 Å². The molecule has 264 valence electrons. The molecule has 0 N–H and O–H groups in total. The third-order valence-corrected chi connectivity index (χ3v) is 11.9. The lowest BCUT2D eigenvalue weighted by Crippen LogP contribution is -2.39. The monoisotopic (exact) mass is 766 g/mol. The maximum Gasteiger partial charge on any atom is 0.338 e. The van der Waals surface area contributed by atoms with E-state index < -0.39 is 12.0 Å². The molecule has 3 aromatic heterocycles. The molecule has 0 aliphatic carbocycles. The van der Waals surface area contributed by atoms with Gasteiger partial charge in [-0.1, -0.05) is 84.1 Å². The Morgan fingerprint density at radius 3 is 2.30 bits per heavy atom. The molecule has 0 unspecified atom stereocenters. The van der Waals surface area contributed by atoms with Gasteiger partial charge in [-0.15, -0.1) is 11.3 Å². The maximum atomic E-state index is 14.2. The van der Waals surface area contributed by atoms with Crippen molar-refractivity contribution in [3.63, 3.8) is 0 Å². The van der Waals surface area contributed by atoms with Crippen LogP contribution in [0.2, 0.25) is 0 Å². The number of ether oxygens (including phenoxy) is 1. The van der Waals surface area contributed by atoms with Crippen molar-refractivity contribution in [3.8, 4) is 0 Å². The van der Waals surface area contributed by atoms with Crippen LogP contribution in [0.4, 0.5) is 5.69 Å². The van der Waals surface area contributed by atoms with E-state index in [0.717, 1.165) is 21.3 Å². The van der Waals surface area contributed by atoms with Crippen molar-refractivity contribution >= 4 is 79.9 Å². The second-order valence-corrected chi connectivity index (χ2v) is 15.5. The molecule has 2 aliphatic heterocycles. The van der Waals surface area contributed by atoms with Crippen LogP contribution in [0.15, 0.2) is 144 Å². The van der Waals surface area contributed by atoms with Crippen LogP contribution in [-0.4, -0.2) is 33.9 Å². The molecule has 0 bridgehead atoms. The molecular weight excluding hydrogens is 741 g/mol. The number of benzene rings is 4. The minimum atomic E-state index is -0.766. The van der Waals surface area contributed by atoms with E-state index in [0.29, 0.717) is 47.0 Å². The summed E-state index contributed by atoms with van der Waals surface area (Å²) in [6.45, 7) is 1.92. The van der Waals surface area contributed by atoms with Gasteiger partial charge in [0.2, 0.25) is 0 Å². The predicted molar refractivity (Wildman–Crippen MR) is 208 cm³/mol. The van der Waals surface area contributed by atoms with Crippen molar-refractivity contribution in [1.29, 1.82) is 0 Å². The first-order valence-electron chi connectivity index (χ1n) is 16.9. The zero-order valence-corrected chi connectivity index (χ0v) is 30.7. The van der Waals surface area contributed by atoms with Crippen LogP contribution in [0.1, 0.15) is 50.6 Å². The van der Waals surface area contributed by atoms with Gasteiger partial charge in [0.05, 0.1) is 55.5 Å². The number of carbonyl (C=O) groups is 3. The Morgan fingerprint density at radius 1 is 0.870 bits per heavy atom. The molecule has 0 saturated heterocycles. The normalized spacial score (nSPS) is 15.5. The van der Waals surface area contributed by atoms with E-state index >= 15 is 0 Å². The second-order valence-electron chi connectivity index (χ2n) is 12.2. The molecule has 2 aliphatic rings. The number of hydrogen-bond donors (Lipinski definition) is 0. The summed E-state index contributed by atoms with van der Waals surface area (Å²) in [4.78, 5) is 65.2. The lowest BCUT2D eigenvalue weighted by Gasteiger charge is -2.25. The summed E-state index contributed by atoms with van der Waals surface area (Å²) in [7, 11) is 0. The molecule has 0 saturated carbocycles. The number of fused-ring (bicyclic) bond motifs is 3. The topological polar surface area (TPSA) is 124 Å². The molecule has 5 heterocycles. The largest absolute Gasteiger partial charge is 0.463 e. The SMILES string of the molecule is CCOC(=O)C1=C(c2ccccc2)N=c2s/c(=C\c3ccc(Sc4nc5ccc(N6C(=O)c7ccccc7C6=O)cc5s4)o3)c(=O)n2[C@@H]1c1ccccc1. The summed E-state index contributed by atoms with van der Waals surface area (Å²) in [6, 6.07) is 33.8. The predicted octanol–water partition coefficient (Wildman–Crippen LogP) is 7.09. The van der Waals surface area contributed by atoms with E-state index in [-0.39, 0.29) is 29.6 Å². The minimum absolute atomic E-state index is 0.170. The molecular formula is C41H26N4O6S3. The highest BCUT2D eigenvalue weighted by molar-refractivity contribution is 8.01. The molecule has 54 heavy (non-hydrogen) atoms. The van der Waals surface area contributed by atoms with Gasteiger partial charge < -0.3 is 9.15 Å². The first kappa shape index (κ1) is 33.7. The van der Waals surface area contributed by atoms with Crippen molar-refractivity contribution in [2.24, 2.45) is 4.99 Å². The summed E-state index contributed by atoms with van der Waals surface area (Å²) in [6.07, 6.45) is 1.68. The van der Waals surface area contributed by atoms with Gasteiger partial charge in [-0.25, -0.2) is 19.7 Å². The van der Waals surface area contributed by atoms with E-state index in [9.17, 15) is 19.2 Å². The highest BCUT2D eigenvalue weighted by atomic mass is 32.2. The van der Waals surface area contributed by atoms with E-state index in [1.54, 1.807) is 66.1 Å². The highest BCUT2D eigenvalue weighted by Crippen LogP contribution is 2.38. The fraction of sp³-hybridized carbons (Fsp3) is 0.0732. The number of hydrogen-bond acceptors (Lipinski definition) is 11. The standard InChI is InChI=1S/C41H26N4O6S3/c1-2-50-39(49)33-34(23-11-5-3-6-12-23)43-40-45(35(33)24-13-7-4-8-14-24)38(48)31(52-40)22-26-18-20-32(51-26)54-41-42-29-19-17-25(21-30(29)53-41)44-36(46)27-15-9-10-16-28(27)37(44)47/h3-22,35H,2H2,1H3/b31-22-/t35-/m1/s1. The van der Waals surface area contributed by atoms with Crippen LogP contribution in [-0.2, 0) is 9.53 Å². The first-order valence-corrected chi connectivity index (χ1v) is 19.3. The Bertz CT molecular complexity index is 2840. The van der Waals surface area contributed by atoms with Gasteiger partial charge in [0.25, 0.3) is 17.4 Å². The van der Waals surface area contributed by atoms with Crippen LogP contribution in [0.25, 0.3) is 22.0 Å². The zero-order chi connectivity index (χ0) is 36.9. The number of furan rings is 1. The number of imide groups is 1. The molecule has 0 fully saturated rings. The van der Waals surface area contributed by atoms with E-state index in [1.807, 2.05) is 66.7 Å². The van der Waals surface area contributed by atoms with Crippen LogP contribution in [0.3, 0.4) is 0 Å². The number of anilines is 1. The lowest BCUT2D eigenvalue weighted by molar-refractivity contribution is -0.138. The molecule has 9 rings (SSSR count). The Morgan fingerprint density at radius 2 is 1.57 bits per heavy atom. The molecule has 10 nitrogen and oxygen atoms in total. The van der Waals surface area contributed by atoms with E-state index in [2.05, 4.69) is 0 Å². The Hall–Kier alpha value is -6.15. The number of amides is 2. The van der Waals surface area contributed by atoms with Crippen LogP contribution in [0, 0.1) is 0 Å². The highest BCUT2D eigenvalue weighted by Gasteiger charge is 2.37. The quantitative estimate of drug-likeness (QED) is 0.119. The molecule has 4 aromatic carbocycles. The second kappa shape index (κ2) is 13.7. The maximum absolute atomic E-state index is 14.2. The average Bonchev–Trinajstić information content (AvgIpc) is 3.95. The molecule has 0 radical (unpaired) electrons. The van der Waals surface area contributed by atoms with Crippen LogP contribution in [0.5, 0.6) is 0 Å². The van der Waals surface area contributed by atoms with Gasteiger partial charge in [-0.05, 0) is 66.7 Å². The van der Waals surface area contributed by atoms with Crippen molar-refractivity contribution in [2.45, 2.75) is 22.4 Å². The van der Waals surface area contributed by atoms with Crippen molar-refractivity contribution in [1.82, 2.24) is 9.55 Å². The Kier molecular flexibility index (Phi) is 8.53. The average molecular weight is 767 g/mol. The lowest BCUT2D eigenvalue weighted by atomic mass is 9.93. The Balaban J connectivity index is 1.04. The summed E-state index contributed by atoms with van der Waals surface area (Å²) in [5.41, 5.74) is 3.90. The number of carbonyl (C=O) groups excluding carboxylic acids is 3. The first-order chi connectivity index (χ1) is 26.4. The summed E-state index contributed by atoms with van der Waals surface area (Å²) in [5, 5.41) is 0.562. The van der Waals surface area contributed by atoms with Crippen LogP contribution < -0.4 is 19.8 Å². The zero-order valence-electron chi connectivity index (χ0n) is 28.3. The van der Waals surface area contributed by atoms with E-state index in [4.69, 9.17) is 19.1 Å². The van der Waals surface area contributed by atoms with Gasteiger partial charge in [0.15, 0.2) is 14.2 Å². The van der Waals surface area contributed by atoms with Crippen LogP contribution >= 0.6 is 34.4 Å². The number of thiazole rings is 2. The third kappa shape index (κ3) is 5.82. The minimum Gasteiger partial charge on any atom is -0.463 e. The Labute approximate surface area is 319 Å². The number of esters is 1. The third-order valence-electron chi connectivity index (χ3n) is 8.96. The van der Waals surface area contributed by atoms with Crippen molar-refractivity contribution in [2.75, 3.05) is 11.5 Å². The molecule has 7 aromatic rings. The van der Waals surface area contributed by atoms with Gasteiger partial charge in [-0.3, -0.25) is 19.0 Å². The number of aromatic nitrogens is 2. The fourth-order valence-electron chi connectivity index (χ4n) is 6.57. The van der Waals surface area contributed by atoms with Gasteiger partial charge in [-0.2, -0.15) is 0 Å². The number of rotatable bonds is 8. The van der Waals surface area contributed by atoms with Gasteiger partial charge >= 0.3 is 5.97 Å². The molecule has 2 amide bonds. The van der Waals surface area contributed by atoms with Crippen molar-refractivity contribution in [3.05, 3.63) is 169 Å². The molecule has 1 atom stereocenters. The summed E-state index contributed by atoms with van der Waals surface area (Å²) in [5.74, 6) is -0.779. The summed E-state index contributed by atoms with van der Waals surface area (Å²) >= 11 is 3.96. The molecule has 13 heteroatoms. The van der Waals surface area contributed by atoms with Gasteiger partial charge in [0.1, 0.15) is 5.76 Å². The summed E-state index contributed by atoms with van der Waals surface area (Å²) < 4.78 is 15.1. The number of nitrogens with zero attached hydrogens (tertiary/aromatic N) is 4. The smallest absolute Gasteiger partial charge is 0.338 e. The van der Waals surface area contributed by atoms with Crippen molar-refractivity contribution < 1.29 is 23.5 Å².